The number of carbonyl (C=O) groups excluding carboxylic acids is 1. The van der Waals surface area contributed by atoms with Crippen LogP contribution in [0.25, 0.3) is 0 Å². The van der Waals surface area contributed by atoms with E-state index in [0.29, 0.717) is 6.54 Å². The SMILES string of the molecule is CCC1(C(=O)N(C)Cc2cnn3c2CN(c2ccncn2)CC3)CCC1. The molecule has 0 saturated heterocycles. The summed E-state index contributed by atoms with van der Waals surface area (Å²) in [6.07, 6.45) is 9.43. The Morgan fingerprint density at radius 1 is 1.35 bits per heavy atom. The standard InChI is InChI=1S/C19H26N6O/c1-3-19(6-4-7-19)18(26)23(2)12-15-11-22-25-10-9-24(13-16(15)25)17-5-8-20-14-21-17/h5,8,11,14H,3-4,6-7,9-10,12-13H2,1-2H3. The molecule has 1 aliphatic heterocycles. The fourth-order valence-electron chi connectivity index (χ4n) is 4.15. The van der Waals surface area contributed by atoms with Gasteiger partial charge in [-0.25, -0.2) is 9.97 Å². The molecule has 0 atom stereocenters. The minimum Gasteiger partial charge on any atom is -0.349 e. The topological polar surface area (TPSA) is 67.2 Å². The summed E-state index contributed by atoms with van der Waals surface area (Å²) in [5.74, 6) is 1.22. The third-order valence-corrected chi connectivity index (χ3v) is 6.04. The van der Waals surface area contributed by atoms with Crippen LogP contribution < -0.4 is 4.90 Å². The summed E-state index contributed by atoms with van der Waals surface area (Å²) in [5.41, 5.74) is 2.19. The molecule has 2 aromatic rings. The first-order chi connectivity index (χ1) is 12.6. The van der Waals surface area contributed by atoms with Gasteiger partial charge in [0.2, 0.25) is 5.91 Å². The van der Waals surface area contributed by atoms with Gasteiger partial charge in [0.05, 0.1) is 25.0 Å². The third-order valence-electron chi connectivity index (χ3n) is 6.04. The van der Waals surface area contributed by atoms with Crippen LogP contribution in [0.1, 0.15) is 43.9 Å². The van der Waals surface area contributed by atoms with Crippen LogP contribution in [0.3, 0.4) is 0 Å². The zero-order valence-electron chi connectivity index (χ0n) is 15.6. The van der Waals surface area contributed by atoms with E-state index in [2.05, 4.69) is 31.6 Å². The highest BCUT2D eigenvalue weighted by molar-refractivity contribution is 5.83. The zero-order chi connectivity index (χ0) is 18.1. The molecule has 138 valence electrons. The molecule has 4 rings (SSSR count). The summed E-state index contributed by atoms with van der Waals surface area (Å²) in [5, 5.41) is 4.53. The molecule has 0 unspecified atom stereocenters. The lowest BCUT2D eigenvalue weighted by Crippen LogP contribution is -2.46. The molecule has 2 aromatic heterocycles. The third kappa shape index (κ3) is 2.85. The van der Waals surface area contributed by atoms with Crippen molar-refractivity contribution < 1.29 is 4.79 Å². The number of hydrogen-bond donors (Lipinski definition) is 0. The number of aromatic nitrogens is 4. The van der Waals surface area contributed by atoms with Gasteiger partial charge in [-0.15, -0.1) is 0 Å². The van der Waals surface area contributed by atoms with Gasteiger partial charge in [-0.1, -0.05) is 13.3 Å². The highest BCUT2D eigenvalue weighted by Crippen LogP contribution is 2.45. The van der Waals surface area contributed by atoms with E-state index in [4.69, 9.17) is 0 Å². The summed E-state index contributed by atoms with van der Waals surface area (Å²) in [7, 11) is 1.92. The first kappa shape index (κ1) is 17.0. The van der Waals surface area contributed by atoms with Crippen molar-refractivity contribution in [2.24, 2.45) is 5.41 Å². The molecule has 7 nitrogen and oxygen atoms in total. The molecule has 2 aliphatic rings. The predicted octanol–water partition coefficient (Wildman–Crippen LogP) is 2.23. The Labute approximate surface area is 154 Å². The van der Waals surface area contributed by atoms with E-state index < -0.39 is 0 Å². The predicted molar refractivity (Wildman–Crippen MR) is 98.4 cm³/mol. The van der Waals surface area contributed by atoms with E-state index in [-0.39, 0.29) is 11.3 Å². The Kier molecular flexibility index (Phi) is 4.38. The number of nitrogens with zero attached hydrogens (tertiary/aromatic N) is 6. The van der Waals surface area contributed by atoms with E-state index in [1.54, 1.807) is 12.5 Å². The average Bonchev–Trinajstić information content (AvgIpc) is 3.04. The molecular weight excluding hydrogens is 328 g/mol. The zero-order valence-corrected chi connectivity index (χ0v) is 15.6. The van der Waals surface area contributed by atoms with Crippen molar-refractivity contribution in [2.75, 3.05) is 18.5 Å². The Morgan fingerprint density at radius 3 is 2.85 bits per heavy atom. The molecule has 0 aromatic carbocycles. The van der Waals surface area contributed by atoms with Crippen molar-refractivity contribution in [3.05, 3.63) is 36.0 Å². The Bertz CT molecular complexity index is 777. The summed E-state index contributed by atoms with van der Waals surface area (Å²) < 4.78 is 2.06. The van der Waals surface area contributed by atoms with Gasteiger partial charge in [0, 0.05) is 37.3 Å². The van der Waals surface area contributed by atoms with Gasteiger partial charge in [-0.2, -0.15) is 5.10 Å². The van der Waals surface area contributed by atoms with Gasteiger partial charge in [-0.05, 0) is 25.3 Å². The van der Waals surface area contributed by atoms with E-state index in [0.717, 1.165) is 50.3 Å². The molecule has 1 fully saturated rings. The van der Waals surface area contributed by atoms with Gasteiger partial charge in [0.1, 0.15) is 12.1 Å². The summed E-state index contributed by atoms with van der Waals surface area (Å²) >= 11 is 0. The lowest BCUT2D eigenvalue weighted by molar-refractivity contribution is -0.147. The van der Waals surface area contributed by atoms with Crippen LogP contribution in [0.15, 0.2) is 24.8 Å². The molecular formula is C19H26N6O. The summed E-state index contributed by atoms with van der Waals surface area (Å²) in [6, 6.07) is 1.93. The van der Waals surface area contributed by atoms with Crippen LogP contribution in [-0.4, -0.2) is 44.1 Å². The molecule has 0 N–H and O–H groups in total. The maximum atomic E-state index is 12.9. The maximum Gasteiger partial charge on any atom is 0.228 e. The lowest BCUT2D eigenvalue weighted by Gasteiger charge is -2.42. The molecule has 3 heterocycles. The van der Waals surface area contributed by atoms with E-state index >= 15 is 0 Å². The second-order valence-corrected chi connectivity index (χ2v) is 7.48. The van der Waals surface area contributed by atoms with Gasteiger partial charge in [-0.3, -0.25) is 9.48 Å². The van der Waals surface area contributed by atoms with Crippen molar-refractivity contribution in [2.45, 2.75) is 52.2 Å². The highest BCUT2D eigenvalue weighted by Gasteiger charge is 2.43. The van der Waals surface area contributed by atoms with Crippen LogP contribution >= 0.6 is 0 Å². The quantitative estimate of drug-likeness (QED) is 0.824. The van der Waals surface area contributed by atoms with E-state index in [9.17, 15) is 4.79 Å². The Balaban J connectivity index is 1.50. The molecule has 26 heavy (non-hydrogen) atoms. The molecule has 7 heteroatoms. The molecule has 1 saturated carbocycles. The minimum atomic E-state index is -0.116. The smallest absolute Gasteiger partial charge is 0.228 e. The normalized spacial score (nSPS) is 18.2. The van der Waals surface area contributed by atoms with Crippen LogP contribution in [0.4, 0.5) is 5.82 Å². The first-order valence-electron chi connectivity index (χ1n) is 9.43. The molecule has 0 spiro atoms. The van der Waals surface area contributed by atoms with Gasteiger partial charge in [0.15, 0.2) is 0 Å². The van der Waals surface area contributed by atoms with Crippen LogP contribution in [0.5, 0.6) is 0 Å². The number of anilines is 1. The summed E-state index contributed by atoms with van der Waals surface area (Å²) in [4.78, 5) is 25.4. The number of rotatable bonds is 5. The number of fused-ring (bicyclic) bond motifs is 1. The van der Waals surface area contributed by atoms with Crippen molar-refractivity contribution >= 4 is 11.7 Å². The van der Waals surface area contributed by atoms with Crippen LogP contribution in [0.2, 0.25) is 0 Å². The van der Waals surface area contributed by atoms with Crippen molar-refractivity contribution in [1.82, 2.24) is 24.6 Å². The summed E-state index contributed by atoms with van der Waals surface area (Å²) in [6.45, 7) is 5.21. The highest BCUT2D eigenvalue weighted by atomic mass is 16.2. The van der Waals surface area contributed by atoms with Gasteiger partial charge < -0.3 is 9.80 Å². The van der Waals surface area contributed by atoms with Crippen LogP contribution in [0, 0.1) is 5.41 Å². The average molecular weight is 354 g/mol. The lowest BCUT2D eigenvalue weighted by atomic mass is 9.66. The van der Waals surface area contributed by atoms with Gasteiger partial charge in [0.25, 0.3) is 0 Å². The molecule has 0 bridgehead atoms. The monoisotopic (exact) mass is 354 g/mol. The number of carbonyl (C=O) groups is 1. The maximum absolute atomic E-state index is 12.9. The molecule has 0 radical (unpaired) electrons. The second kappa shape index (κ2) is 6.70. The van der Waals surface area contributed by atoms with Crippen LogP contribution in [-0.2, 0) is 24.4 Å². The Hall–Kier alpha value is -2.44. The van der Waals surface area contributed by atoms with E-state index in [1.807, 2.05) is 24.2 Å². The fraction of sp³-hybridized carbons (Fsp3) is 0.579. The van der Waals surface area contributed by atoms with Gasteiger partial charge >= 0.3 is 0 Å². The molecule has 1 aliphatic carbocycles. The largest absolute Gasteiger partial charge is 0.349 e. The Morgan fingerprint density at radius 2 is 2.19 bits per heavy atom. The second-order valence-electron chi connectivity index (χ2n) is 7.48. The first-order valence-corrected chi connectivity index (χ1v) is 9.43. The van der Waals surface area contributed by atoms with Crippen molar-refractivity contribution in [3.63, 3.8) is 0 Å². The van der Waals surface area contributed by atoms with Crippen molar-refractivity contribution in [3.8, 4) is 0 Å². The number of amides is 1. The fourth-order valence-corrected chi connectivity index (χ4v) is 4.15. The molecule has 1 amide bonds. The minimum absolute atomic E-state index is 0.116. The number of hydrogen-bond acceptors (Lipinski definition) is 5. The van der Waals surface area contributed by atoms with E-state index in [1.165, 1.54) is 12.1 Å². The van der Waals surface area contributed by atoms with Crippen molar-refractivity contribution in [1.29, 1.82) is 0 Å².